The summed E-state index contributed by atoms with van der Waals surface area (Å²) >= 11 is 2.19. The minimum atomic E-state index is -0.509. The summed E-state index contributed by atoms with van der Waals surface area (Å²) in [6.07, 6.45) is 0. The Hall–Kier alpha value is -2.22. The Kier molecular flexibility index (Phi) is 4.42. The molecule has 0 radical (unpaired) electrons. The number of nitrogens with one attached hydrogen (secondary N) is 1. The molecule has 0 unspecified atom stereocenters. The van der Waals surface area contributed by atoms with Gasteiger partial charge in [0.1, 0.15) is 0 Å². The number of amides is 1. The van der Waals surface area contributed by atoms with E-state index in [0.717, 1.165) is 11.1 Å². The molecule has 0 saturated heterocycles. The summed E-state index contributed by atoms with van der Waals surface area (Å²) in [6, 6.07) is 12.5. The van der Waals surface area contributed by atoms with Gasteiger partial charge in [0.2, 0.25) is 0 Å². The summed E-state index contributed by atoms with van der Waals surface area (Å²) in [5.74, 6) is -0.347. The molecule has 0 fully saturated rings. The number of halogens is 1. The van der Waals surface area contributed by atoms with Crippen LogP contribution in [-0.4, -0.2) is 10.9 Å². The van der Waals surface area contributed by atoms with Gasteiger partial charge in [-0.25, -0.2) is 4.79 Å². The molecule has 0 atom stereocenters. The van der Waals surface area contributed by atoms with Crippen molar-refractivity contribution in [3.63, 3.8) is 0 Å². The molecule has 23 heavy (non-hydrogen) atoms. The van der Waals surface area contributed by atoms with E-state index < -0.39 is 5.63 Å². The molecule has 1 heterocycles. The van der Waals surface area contributed by atoms with E-state index in [2.05, 4.69) is 32.9 Å². The molecule has 0 aliphatic carbocycles. The van der Waals surface area contributed by atoms with Crippen molar-refractivity contribution in [1.29, 1.82) is 0 Å². The van der Waals surface area contributed by atoms with Crippen LogP contribution < -0.4 is 10.9 Å². The number of rotatable bonds is 3. The van der Waals surface area contributed by atoms with E-state index >= 15 is 0 Å². The second-order valence-electron chi connectivity index (χ2n) is 5.02. The Labute approximate surface area is 145 Å². The third-order valence-electron chi connectivity index (χ3n) is 3.49. The van der Waals surface area contributed by atoms with Crippen LogP contribution in [0.1, 0.15) is 21.5 Å². The summed E-state index contributed by atoms with van der Waals surface area (Å²) in [7, 11) is 0. The van der Waals surface area contributed by atoms with Gasteiger partial charge in [-0.1, -0.05) is 52.9 Å². The predicted octanol–water partition coefficient (Wildman–Crippen LogP) is 3.68. The summed E-state index contributed by atoms with van der Waals surface area (Å²) in [6.45, 7) is 1.82. The molecule has 1 N–H and O–H groups in total. The van der Waals surface area contributed by atoms with Crippen molar-refractivity contribution >= 4 is 45.4 Å². The second kappa shape index (κ2) is 6.49. The maximum Gasteiger partial charge on any atom is 0.348 e. The van der Waals surface area contributed by atoms with E-state index in [4.69, 9.17) is 4.42 Å². The Bertz CT molecular complexity index is 950. The molecule has 0 aliphatic heterocycles. The van der Waals surface area contributed by atoms with Crippen molar-refractivity contribution in [2.45, 2.75) is 11.4 Å². The quantitative estimate of drug-likeness (QED) is 0.519. The minimum Gasteiger partial charge on any atom is -0.388 e. The molecular weight excluding hydrogens is 407 g/mol. The van der Waals surface area contributed by atoms with Crippen molar-refractivity contribution in [3.05, 3.63) is 69.6 Å². The molecule has 1 amide bonds. The van der Waals surface area contributed by atoms with Gasteiger partial charge >= 0.3 is 11.6 Å². The third-order valence-corrected chi connectivity index (χ3v) is 4.31. The van der Waals surface area contributed by atoms with Crippen molar-refractivity contribution in [2.24, 2.45) is 0 Å². The third kappa shape index (κ3) is 3.12. The molecule has 2 aromatic carbocycles. The number of carbonyl (C=O) groups is 1. The van der Waals surface area contributed by atoms with Crippen LogP contribution in [0.5, 0.6) is 0 Å². The molecule has 116 valence electrons. The van der Waals surface area contributed by atoms with Gasteiger partial charge in [0.15, 0.2) is 0 Å². The monoisotopic (exact) mass is 420 g/mol. The first-order valence-electron chi connectivity index (χ1n) is 6.96. The van der Waals surface area contributed by atoms with Gasteiger partial charge in [-0.2, -0.15) is 4.98 Å². The van der Waals surface area contributed by atoms with Gasteiger partial charge in [0.05, 0.1) is 10.9 Å². The average Bonchev–Trinajstić information content (AvgIpc) is 2.54. The van der Waals surface area contributed by atoms with E-state index in [1.54, 1.807) is 24.3 Å². The Balaban J connectivity index is 1.99. The number of aromatic nitrogens is 1. The van der Waals surface area contributed by atoms with Gasteiger partial charge in [-0.3, -0.25) is 10.1 Å². The lowest BCUT2D eigenvalue weighted by atomic mass is 10.1. The summed E-state index contributed by atoms with van der Waals surface area (Å²) < 4.78 is 5.84. The zero-order valence-electron chi connectivity index (χ0n) is 12.3. The lowest BCUT2D eigenvalue weighted by molar-refractivity contribution is 0.102. The summed E-state index contributed by atoms with van der Waals surface area (Å²) in [5, 5.41) is 2.99. The fourth-order valence-corrected chi connectivity index (χ4v) is 3.02. The van der Waals surface area contributed by atoms with E-state index in [1.165, 1.54) is 0 Å². The molecular formula is C17H13IN2O3. The molecule has 6 heteroatoms. The Morgan fingerprint density at radius 3 is 2.78 bits per heavy atom. The SMILES string of the molecule is Cc1cccc2nc(NC(=O)c3ccccc3CI)oc(=O)c12. The van der Waals surface area contributed by atoms with Gasteiger partial charge in [0, 0.05) is 9.99 Å². The normalized spacial score (nSPS) is 10.7. The van der Waals surface area contributed by atoms with Gasteiger partial charge in [-0.05, 0) is 30.2 Å². The fourth-order valence-electron chi connectivity index (χ4n) is 2.36. The van der Waals surface area contributed by atoms with Crippen LogP contribution in [0.2, 0.25) is 0 Å². The minimum absolute atomic E-state index is 0.0960. The number of hydrogen-bond acceptors (Lipinski definition) is 4. The highest BCUT2D eigenvalue weighted by molar-refractivity contribution is 14.1. The topological polar surface area (TPSA) is 72.2 Å². The van der Waals surface area contributed by atoms with E-state index in [9.17, 15) is 9.59 Å². The van der Waals surface area contributed by atoms with Crippen LogP contribution >= 0.6 is 22.6 Å². The number of carbonyl (C=O) groups excluding carboxylic acids is 1. The number of benzene rings is 2. The van der Waals surface area contributed by atoms with Gasteiger partial charge in [0.25, 0.3) is 5.91 Å². The molecule has 5 nitrogen and oxygen atoms in total. The van der Waals surface area contributed by atoms with Crippen molar-refractivity contribution < 1.29 is 9.21 Å². The molecule has 1 aromatic heterocycles. The fraction of sp³-hybridized carbons (Fsp3) is 0.118. The predicted molar refractivity (Wildman–Crippen MR) is 97.1 cm³/mol. The first-order valence-corrected chi connectivity index (χ1v) is 8.48. The lowest BCUT2D eigenvalue weighted by Gasteiger charge is -2.07. The Morgan fingerprint density at radius 1 is 1.22 bits per heavy atom. The van der Waals surface area contributed by atoms with Crippen LogP contribution in [0.3, 0.4) is 0 Å². The maximum absolute atomic E-state index is 12.4. The summed E-state index contributed by atoms with van der Waals surface area (Å²) in [5.41, 5.74) is 2.22. The maximum atomic E-state index is 12.4. The summed E-state index contributed by atoms with van der Waals surface area (Å²) in [4.78, 5) is 28.7. The highest BCUT2D eigenvalue weighted by Gasteiger charge is 2.14. The smallest absolute Gasteiger partial charge is 0.348 e. The number of anilines is 1. The van der Waals surface area contributed by atoms with Crippen LogP contribution in [0.15, 0.2) is 51.7 Å². The van der Waals surface area contributed by atoms with Crippen molar-refractivity contribution in [1.82, 2.24) is 4.98 Å². The largest absolute Gasteiger partial charge is 0.388 e. The number of aryl methyl sites for hydroxylation is 1. The van der Waals surface area contributed by atoms with Crippen LogP contribution in [-0.2, 0) is 4.43 Å². The zero-order valence-corrected chi connectivity index (χ0v) is 14.5. The van der Waals surface area contributed by atoms with Gasteiger partial charge in [-0.15, -0.1) is 0 Å². The molecule has 3 rings (SSSR count). The molecule has 0 saturated carbocycles. The van der Waals surface area contributed by atoms with E-state index in [1.807, 2.05) is 25.1 Å². The lowest BCUT2D eigenvalue weighted by Crippen LogP contribution is -2.17. The van der Waals surface area contributed by atoms with Crippen LogP contribution in [0, 0.1) is 6.92 Å². The van der Waals surface area contributed by atoms with E-state index in [0.29, 0.717) is 20.9 Å². The van der Waals surface area contributed by atoms with Crippen LogP contribution in [0.25, 0.3) is 10.9 Å². The number of alkyl halides is 1. The Morgan fingerprint density at radius 2 is 2.00 bits per heavy atom. The molecule has 0 aliphatic rings. The van der Waals surface area contributed by atoms with Crippen molar-refractivity contribution in [3.8, 4) is 0 Å². The standard InChI is InChI=1S/C17H13IN2O3/c1-10-5-4-8-13-14(10)16(22)23-17(19-13)20-15(21)12-7-3-2-6-11(12)9-18/h2-8H,9H2,1H3,(H,19,20,21). The van der Waals surface area contributed by atoms with Crippen LogP contribution in [0.4, 0.5) is 6.01 Å². The number of nitrogens with zero attached hydrogens (tertiary/aromatic N) is 1. The average molecular weight is 420 g/mol. The van der Waals surface area contributed by atoms with E-state index in [-0.39, 0.29) is 11.9 Å². The molecule has 0 spiro atoms. The number of fused-ring (bicyclic) bond motifs is 1. The number of hydrogen-bond donors (Lipinski definition) is 1. The second-order valence-corrected chi connectivity index (χ2v) is 5.78. The van der Waals surface area contributed by atoms with Crippen molar-refractivity contribution in [2.75, 3.05) is 5.32 Å². The highest BCUT2D eigenvalue weighted by atomic mass is 127. The molecule has 3 aromatic rings. The first-order chi connectivity index (χ1) is 11.1. The first kappa shape index (κ1) is 15.7. The zero-order chi connectivity index (χ0) is 16.4. The van der Waals surface area contributed by atoms with Gasteiger partial charge < -0.3 is 4.42 Å². The molecule has 0 bridgehead atoms. The highest BCUT2D eigenvalue weighted by Crippen LogP contribution is 2.17.